The molecular weight excluding hydrogens is 279 g/mol. The van der Waals surface area contributed by atoms with Gasteiger partial charge in [-0.25, -0.2) is 4.39 Å². The van der Waals surface area contributed by atoms with Crippen molar-refractivity contribution in [3.05, 3.63) is 35.6 Å². The van der Waals surface area contributed by atoms with Crippen molar-refractivity contribution in [1.82, 2.24) is 10.2 Å². The molecule has 3 aliphatic rings. The van der Waals surface area contributed by atoms with Crippen LogP contribution in [0.1, 0.15) is 55.3 Å². The van der Waals surface area contributed by atoms with E-state index in [0.29, 0.717) is 17.6 Å². The molecule has 118 valence electrons. The van der Waals surface area contributed by atoms with E-state index in [9.17, 15) is 9.18 Å². The highest BCUT2D eigenvalue weighted by molar-refractivity contribution is 5.94. The van der Waals surface area contributed by atoms with E-state index >= 15 is 0 Å². The predicted octanol–water partition coefficient (Wildman–Crippen LogP) is 3.10. The number of hydrogen-bond acceptors (Lipinski definition) is 2. The average molecular weight is 302 g/mol. The highest BCUT2D eigenvalue weighted by atomic mass is 19.1. The van der Waals surface area contributed by atoms with Gasteiger partial charge in [-0.15, -0.1) is 0 Å². The van der Waals surface area contributed by atoms with Gasteiger partial charge in [0.1, 0.15) is 5.82 Å². The van der Waals surface area contributed by atoms with Crippen LogP contribution in [0.25, 0.3) is 0 Å². The lowest BCUT2D eigenvalue weighted by Crippen LogP contribution is -2.57. The number of hydrogen-bond donors (Lipinski definition) is 1. The number of halogens is 1. The van der Waals surface area contributed by atoms with Crippen LogP contribution >= 0.6 is 0 Å². The fourth-order valence-corrected chi connectivity index (χ4v) is 4.40. The zero-order chi connectivity index (χ0) is 15.1. The van der Waals surface area contributed by atoms with E-state index < -0.39 is 0 Å². The van der Waals surface area contributed by atoms with E-state index in [2.05, 4.69) is 10.2 Å². The Balaban J connectivity index is 1.43. The summed E-state index contributed by atoms with van der Waals surface area (Å²) in [6.45, 7) is 0. The normalized spacial score (nSPS) is 31.8. The van der Waals surface area contributed by atoms with Gasteiger partial charge in [0.2, 0.25) is 0 Å². The quantitative estimate of drug-likeness (QED) is 0.930. The van der Waals surface area contributed by atoms with Gasteiger partial charge < -0.3 is 5.32 Å². The van der Waals surface area contributed by atoms with Crippen molar-refractivity contribution in [1.29, 1.82) is 0 Å². The van der Waals surface area contributed by atoms with Crippen molar-refractivity contribution in [2.45, 2.75) is 69.1 Å². The van der Waals surface area contributed by atoms with Crippen molar-refractivity contribution >= 4 is 5.91 Å². The number of nitrogens with zero attached hydrogens (tertiary/aromatic N) is 1. The molecule has 2 atom stereocenters. The molecule has 1 aromatic carbocycles. The third kappa shape index (κ3) is 2.76. The van der Waals surface area contributed by atoms with Gasteiger partial charge in [-0.1, -0.05) is 12.5 Å². The Morgan fingerprint density at radius 3 is 2.45 bits per heavy atom. The summed E-state index contributed by atoms with van der Waals surface area (Å²) in [6.07, 6.45) is 8.66. The highest BCUT2D eigenvalue weighted by Crippen LogP contribution is 2.41. The fourth-order valence-electron chi connectivity index (χ4n) is 4.40. The zero-order valence-corrected chi connectivity index (χ0v) is 12.8. The van der Waals surface area contributed by atoms with Gasteiger partial charge in [0.25, 0.3) is 5.91 Å². The summed E-state index contributed by atoms with van der Waals surface area (Å²) in [4.78, 5) is 15.1. The molecule has 1 aromatic rings. The SMILES string of the molecule is O=C(NC1C[C@H]2CCC[C@H](C1)N2C1CC1)c1cccc(F)c1. The maximum absolute atomic E-state index is 13.3. The number of piperidine rings is 2. The summed E-state index contributed by atoms with van der Waals surface area (Å²) in [5, 5.41) is 3.14. The smallest absolute Gasteiger partial charge is 0.251 e. The first-order valence-corrected chi connectivity index (χ1v) is 8.54. The van der Waals surface area contributed by atoms with E-state index in [1.807, 2.05) is 0 Å². The Bertz CT molecular complexity index is 558. The zero-order valence-electron chi connectivity index (χ0n) is 12.8. The number of fused-ring (bicyclic) bond motifs is 2. The Morgan fingerprint density at radius 1 is 1.09 bits per heavy atom. The summed E-state index contributed by atoms with van der Waals surface area (Å²) >= 11 is 0. The number of nitrogens with one attached hydrogen (secondary N) is 1. The van der Waals surface area contributed by atoms with Crippen molar-refractivity contribution in [3.63, 3.8) is 0 Å². The monoisotopic (exact) mass is 302 g/mol. The molecule has 1 aliphatic carbocycles. The molecule has 1 saturated carbocycles. The number of amides is 1. The molecule has 2 heterocycles. The number of carbonyl (C=O) groups is 1. The van der Waals surface area contributed by atoms with Crippen molar-refractivity contribution in [2.24, 2.45) is 0 Å². The second-order valence-corrected chi connectivity index (χ2v) is 7.07. The lowest BCUT2D eigenvalue weighted by molar-refractivity contribution is 0.0175. The lowest BCUT2D eigenvalue weighted by Gasteiger charge is -2.49. The molecule has 4 heteroatoms. The topological polar surface area (TPSA) is 32.3 Å². The van der Waals surface area contributed by atoms with E-state index in [4.69, 9.17) is 0 Å². The minimum absolute atomic E-state index is 0.137. The predicted molar refractivity (Wildman–Crippen MR) is 83.2 cm³/mol. The van der Waals surface area contributed by atoms with E-state index in [0.717, 1.165) is 18.9 Å². The molecule has 2 aliphatic heterocycles. The van der Waals surface area contributed by atoms with Crippen LogP contribution in [0.15, 0.2) is 24.3 Å². The van der Waals surface area contributed by atoms with Crippen molar-refractivity contribution < 1.29 is 9.18 Å². The maximum Gasteiger partial charge on any atom is 0.251 e. The minimum atomic E-state index is -0.354. The van der Waals surface area contributed by atoms with Gasteiger partial charge >= 0.3 is 0 Å². The van der Waals surface area contributed by atoms with Gasteiger partial charge in [0.15, 0.2) is 0 Å². The van der Waals surface area contributed by atoms with Crippen LogP contribution in [0.2, 0.25) is 0 Å². The maximum atomic E-state index is 13.3. The Labute approximate surface area is 130 Å². The Kier molecular flexibility index (Phi) is 3.65. The standard InChI is InChI=1S/C18H23FN2O/c19-13-4-1-3-12(9-13)18(22)20-14-10-16-5-2-6-17(11-14)21(16)15-7-8-15/h1,3-4,9,14-17H,2,5-8,10-11H2,(H,20,22)/t16-,17-/m1/s1. The van der Waals surface area contributed by atoms with Gasteiger partial charge in [0, 0.05) is 29.7 Å². The molecule has 1 N–H and O–H groups in total. The second kappa shape index (κ2) is 5.65. The molecule has 3 nitrogen and oxygen atoms in total. The first-order valence-electron chi connectivity index (χ1n) is 8.54. The van der Waals surface area contributed by atoms with Gasteiger partial charge in [0.05, 0.1) is 0 Å². The van der Waals surface area contributed by atoms with Crippen molar-refractivity contribution in [3.8, 4) is 0 Å². The van der Waals surface area contributed by atoms with E-state index in [-0.39, 0.29) is 17.8 Å². The summed E-state index contributed by atoms with van der Waals surface area (Å²) in [5.74, 6) is -0.490. The highest BCUT2D eigenvalue weighted by Gasteiger charge is 2.45. The molecule has 1 amide bonds. The lowest BCUT2D eigenvalue weighted by atomic mass is 9.81. The number of carbonyl (C=O) groups excluding carboxylic acids is 1. The molecule has 0 spiro atoms. The summed E-state index contributed by atoms with van der Waals surface area (Å²) in [5.41, 5.74) is 0.426. The Hall–Kier alpha value is -1.42. The van der Waals surface area contributed by atoms with Gasteiger partial charge in [-0.05, 0) is 56.7 Å². The second-order valence-electron chi connectivity index (χ2n) is 7.07. The molecule has 4 rings (SSSR count). The largest absolute Gasteiger partial charge is 0.349 e. The molecule has 2 bridgehead atoms. The molecular formula is C18H23FN2O. The minimum Gasteiger partial charge on any atom is -0.349 e. The summed E-state index contributed by atoms with van der Waals surface area (Å²) in [7, 11) is 0. The van der Waals surface area contributed by atoms with Crippen LogP contribution in [0.4, 0.5) is 4.39 Å². The molecule has 3 fully saturated rings. The first kappa shape index (κ1) is 14.2. The molecule has 0 aromatic heterocycles. The molecule has 2 saturated heterocycles. The van der Waals surface area contributed by atoms with Crippen LogP contribution in [0, 0.1) is 5.82 Å². The third-order valence-corrected chi connectivity index (χ3v) is 5.42. The van der Waals surface area contributed by atoms with Crippen LogP contribution in [0.5, 0.6) is 0 Å². The van der Waals surface area contributed by atoms with Gasteiger partial charge in [-0.3, -0.25) is 9.69 Å². The molecule has 22 heavy (non-hydrogen) atoms. The van der Waals surface area contributed by atoms with Gasteiger partial charge in [-0.2, -0.15) is 0 Å². The first-order chi connectivity index (χ1) is 10.7. The van der Waals surface area contributed by atoms with E-state index in [1.54, 1.807) is 12.1 Å². The average Bonchev–Trinajstić information content (AvgIpc) is 3.31. The third-order valence-electron chi connectivity index (χ3n) is 5.42. The fraction of sp³-hybridized carbons (Fsp3) is 0.611. The van der Waals surface area contributed by atoms with Crippen LogP contribution in [-0.2, 0) is 0 Å². The van der Waals surface area contributed by atoms with Crippen LogP contribution in [-0.4, -0.2) is 35.0 Å². The molecule has 0 radical (unpaired) electrons. The number of benzene rings is 1. The molecule has 0 unspecified atom stereocenters. The Morgan fingerprint density at radius 2 is 1.82 bits per heavy atom. The number of rotatable bonds is 3. The van der Waals surface area contributed by atoms with Crippen molar-refractivity contribution in [2.75, 3.05) is 0 Å². The van der Waals surface area contributed by atoms with Crippen LogP contribution < -0.4 is 5.32 Å². The van der Waals surface area contributed by atoms with Crippen LogP contribution in [0.3, 0.4) is 0 Å². The summed E-state index contributed by atoms with van der Waals surface area (Å²) < 4.78 is 13.3. The van der Waals surface area contributed by atoms with E-state index in [1.165, 1.54) is 44.2 Å². The summed E-state index contributed by atoms with van der Waals surface area (Å²) in [6, 6.07) is 8.28.